The fourth-order valence-corrected chi connectivity index (χ4v) is 2.62. The Morgan fingerprint density at radius 3 is 2.90 bits per heavy atom. The van der Waals surface area contributed by atoms with Crippen LogP contribution in [-0.2, 0) is 0 Å². The van der Waals surface area contributed by atoms with E-state index >= 15 is 0 Å². The Morgan fingerprint density at radius 2 is 2.10 bits per heavy atom. The minimum absolute atomic E-state index is 0.550. The number of fused-ring (bicyclic) bond motifs is 1. The molecule has 0 aliphatic heterocycles. The second-order valence-electron chi connectivity index (χ2n) is 4.16. The van der Waals surface area contributed by atoms with Gasteiger partial charge >= 0.3 is 0 Å². The van der Waals surface area contributed by atoms with Crippen LogP contribution in [0, 0.1) is 11.8 Å². The molecule has 0 bridgehead atoms. The quantitative estimate of drug-likeness (QED) is 0.634. The molecule has 3 rings (SSSR count). The lowest BCUT2D eigenvalue weighted by Gasteiger charge is -2.08. The SMILES string of the molecule is CC#Cc1cnn(-c2ccnc3cc(Cl)cc(Cl)c23)c1. The van der Waals surface area contributed by atoms with Gasteiger partial charge in [0, 0.05) is 22.8 Å². The molecule has 98 valence electrons. The molecule has 0 aliphatic carbocycles. The van der Waals surface area contributed by atoms with Gasteiger partial charge in [-0.1, -0.05) is 29.1 Å². The van der Waals surface area contributed by atoms with Crippen molar-refractivity contribution in [2.75, 3.05) is 0 Å². The summed E-state index contributed by atoms with van der Waals surface area (Å²) in [5.74, 6) is 5.81. The summed E-state index contributed by atoms with van der Waals surface area (Å²) in [5.41, 5.74) is 2.43. The summed E-state index contributed by atoms with van der Waals surface area (Å²) in [5, 5.41) is 6.24. The van der Waals surface area contributed by atoms with E-state index in [0.29, 0.717) is 10.0 Å². The van der Waals surface area contributed by atoms with Crippen LogP contribution < -0.4 is 0 Å². The van der Waals surface area contributed by atoms with Crippen molar-refractivity contribution in [1.82, 2.24) is 14.8 Å². The van der Waals surface area contributed by atoms with Gasteiger partial charge in [-0.2, -0.15) is 5.10 Å². The van der Waals surface area contributed by atoms with Crippen molar-refractivity contribution in [2.45, 2.75) is 6.92 Å². The summed E-state index contributed by atoms with van der Waals surface area (Å²) in [6.07, 6.45) is 5.28. The van der Waals surface area contributed by atoms with Gasteiger partial charge in [-0.3, -0.25) is 4.98 Å². The van der Waals surface area contributed by atoms with Gasteiger partial charge < -0.3 is 0 Å². The topological polar surface area (TPSA) is 30.7 Å². The first-order chi connectivity index (χ1) is 9.69. The zero-order valence-electron chi connectivity index (χ0n) is 10.6. The fourth-order valence-electron chi connectivity index (χ4n) is 2.04. The van der Waals surface area contributed by atoms with Gasteiger partial charge in [-0.25, -0.2) is 4.68 Å². The molecular weight excluding hydrogens is 293 g/mol. The number of pyridine rings is 1. The van der Waals surface area contributed by atoms with E-state index in [1.165, 1.54) is 0 Å². The van der Waals surface area contributed by atoms with Gasteiger partial charge in [0.1, 0.15) is 0 Å². The highest BCUT2D eigenvalue weighted by atomic mass is 35.5. The van der Waals surface area contributed by atoms with Crippen LogP contribution in [0.25, 0.3) is 16.6 Å². The summed E-state index contributed by atoms with van der Waals surface area (Å²) in [4.78, 5) is 4.29. The van der Waals surface area contributed by atoms with E-state index in [2.05, 4.69) is 21.9 Å². The lowest BCUT2D eigenvalue weighted by molar-refractivity contribution is 0.886. The van der Waals surface area contributed by atoms with E-state index < -0.39 is 0 Å². The average molecular weight is 302 g/mol. The minimum Gasteiger partial charge on any atom is -0.256 e. The molecule has 0 radical (unpaired) electrons. The predicted molar refractivity (Wildman–Crippen MR) is 81.4 cm³/mol. The Bertz CT molecular complexity index is 856. The van der Waals surface area contributed by atoms with E-state index in [0.717, 1.165) is 22.2 Å². The zero-order chi connectivity index (χ0) is 14.1. The Morgan fingerprint density at radius 1 is 1.25 bits per heavy atom. The normalized spacial score (nSPS) is 10.3. The molecule has 2 aromatic heterocycles. The third kappa shape index (κ3) is 2.24. The number of halogens is 2. The van der Waals surface area contributed by atoms with Crippen molar-refractivity contribution < 1.29 is 0 Å². The van der Waals surface area contributed by atoms with Crippen LogP contribution in [0.4, 0.5) is 0 Å². The number of nitrogens with zero attached hydrogens (tertiary/aromatic N) is 3. The molecule has 0 N–H and O–H groups in total. The number of aromatic nitrogens is 3. The van der Waals surface area contributed by atoms with Gasteiger partial charge in [0.05, 0.1) is 28.0 Å². The van der Waals surface area contributed by atoms with E-state index in [1.807, 2.05) is 12.3 Å². The molecule has 0 spiro atoms. The maximum absolute atomic E-state index is 6.29. The molecule has 0 amide bonds. The molecule has 0 saturated carbocycles. The Balaban J connectivity index is 2.26. The molecule has 0 fully saturated rings. The third-order valence-electron chi connectivity index (χ3n) is 2.84. The number of rotatable bonds is 1. The molecule has 5 heteroatoms. The first kappa shape index (κ1) is 13.0. The minimum atomic E-state index is 0.550. The Kier molecular flexibility index (Phi) is 3.35. The van der Waals surface area contributed by atoms with Crippen molar-refractivity contribution in [3.8, 4) is 17.5 Å². The summed E-state index contributed by atoms with van der Waals surface area (Å²) in [7, 11) is 0. The fraction of sp³-hybridized carbons (Fsp3) is 0.0667. The maximum atomic E-state index is 6.29. The maximum Gasteiger partial charge on any atom is 0.0770 e. The van der Waals surface area contributed by atoms with Crippen molar-refractivity contribution in [3.63, 3.8) is 0 Å². The lowest BCUT2D eigenvalue weighted by Crippen LogP contribution is -1.97. The summed E-state index contributed by atoms with van der Waals surface area (Å²) in [6, 6.07) is 5.34. The highest BCUT2D eigenvalue weighted by molar-refractivity contribution is 6.39. The summed E-state index contributed by atoms with van der Waals surface area (Å²) < 4.78 is 1.74. The first-order valence-corrected chi connectivity index (χ1v) is 6.66. The molecule has 0 saturated heterocycles. The van der Waals surface area contributed by atoms with Gasteiger partial charge in [0.2, 0.25) is 0 Å². The Labute approximate surface area is 126 Å². The first-order valence-electron chi connectivity index (χ1n) is 5.90. The number of hydrogen-bond acceptors (Lipinski definition) is 2. The highest BCUT2D eigenvalue weighted by Crippen LogP contribution is 2.31. The zero-order valence-corrected chi connectivity index (χ0v) is 12.1. The van der Waals surface area contributed by atoms with Crippen LogP contribution in [0.2, 0.25) is 10.0 Å². The second kappa shape index (κ2) is 5.16. The van der Waals surface area contributed by atoms with E-state index in [1.54, 1.807) is 36.1 Å². The van der Waals surface area contributed by atoms with Crippen molar-refractivity contribution in [1.29, 1.82) is 0 Å². The lowest BCUT2D eigenvalue weighted by atomic mass is 10.2. The van der Waals surface area contributed by atoms with Gasteiger partial charge in [0.15, 0.2) is 0 Å². The standard InChI is InChI=1S/C15H9Cl2N3/c1-2-3-10-8-19-20(9-10)14-4-5-18-13-7-11(16)6-12(17)15(13)14/h4-9H,1H3. The van der Waals surface area contributed by atoms with Gasteiger partial charge in [0.25, 0.3) is 0 Å². The van der Waals surface area contributed by atoms with Crippen LogP contribution in [0.15, 0.2) is 36.8 Å². The molecule has 2 heterocycles. The van der Waals surface area contributed by atoms with E-state index in [9.17, 15) is 0 Å². The van der Waals surface area contributed by atoms with Crippen LogP contribution >= 0.6 is 23.2 Å². The highest BCUT2D eigenvalue weighted by Gasteiger charge is 2.10. The largest absolute Gasteiger partial charge is 0.256 e. The van der Waals surface area contributed by atoms with Crippen LogP contribution in [0.1, 0.15) is 12.5 Å². The summed E-state index contributed by atoms with van der Waals surface area (Å²) in [6.45, 7) is 1.79. The van der Waals surface area contributed by atoms with Gasteiger partial charge in [-0.15, -0.1) is 5.92 Å². The van der Waals surface area contributed by atoms with Crippen molar-refractivity contribution in [3.05, 3.63) is 52.4 Å². The van der Waals surface area contributed by atoms with Crippen molar-refractivity contribution >= 4 is 34.1 Å². The van der Waals surface area contributed by atoms with Crippen LogP contribution in [0.3, 0.4) is 0 Å². The van der Waals surface area contributed by atoms with Gasteiger partial charge in [-0.05, 0) is 25.1 Å². The smallest absolute Gasteiger partial charge is 0.0770 e. The molecule has 3 aromatic rings. The van der Waals surface area contributed by atoms with E-state index in [4.69, 9.17) is 23.2 Å². The third-order valence-corrected chi connectivity index (χ3v) is 3.35. The molecule has 20 heavy (non-hydrogen) atoms. The monoisotopic (exact) mass is 301 g/mol. The van der Waals surface area contributed by atoms with Crippen LogP contribution in [0.5, 0.6) is 0 Å². The van der Waals surface area contributed by atoms with Crippen molar-refractivity contribution in [2.24, 2.45) is 0 Å². The predicted octanol–water partition coefficient (Wildman–Crippen LogP) is 4.10. The second-order valence-corrected chi connectivity index (χ2v) is 5.00. The molecular formula is C15H9Cl2N3. The number of hydrogen-bond donors (Lipinski definition) is 0. The molecule has 0 unspecified atom stereocenters. The molecule has 3 nitrogen and oxygen atoms in total. The molecule has 0 aliphatic rings. The van der Waals surface area contributed by atoms with E-state index in [-0.39, 0.29) is 0 Å². The number of benzene rings is 1. The van der Waals surface area contributed by atoms with Crippen LogP contribution in [-0.4, -0.2) is 14.8 Å². The molecule has 1 aromatic carbocycles. The molecule has 0 atom stereocenters. The Hall–Kier alpha value is -2.02. The summed E-state index contributed by atoms with van der Waals surface area (Å²) >= 11 is 12.3. The average Bonchev–Trinajstić information content (AvgIpc) is 2.86.